The Morgan fingerprint density at radius 2 is 1.85 bits per heavy atom. The number of para-hydroxylation sites is 2. The van der Waals surface area contributed by atoms with Crippen LogP contribution in [-0.4, -0.2) is 34.8 Å². The summed E-state index contributed by atoms with van der Waals surface area (Å²) >= 11 is 0. The summed E-state index contributed by atoms with van der Waals surface area (Å²) in [6, 6.07) is 16.0. The van der Waals surface area contributed by atoms with E-state index in [4.69, 9.17) is 0 Å². The maximum absolute atomic E-state index is 12.2. The number of hydrogen-bond acceptors (Lipinski definition) is 4. The maximum atomic E-state index is 12.2. The second-order valence-corrected chi connectivity index (χ2v) is 6.31. The van der Waals surface area contributed by atoms with Crippen LogP contribution < -0.4 is 10.3 Å². The molecule has 6 nitrogen and oxygen atoms in total. The van der Waals surface area contributed by atoms with Gasteiger partial charge in [0.25, 0.3) is 0 Å². The van der Waals surface area contributed by atoms with Crippen molar-refractivity contribution in [1.82, 2.24) is 15.0 Å². The highest BCUT2D eigenvalue weighted by atomic mass is 16.2. The molecular formula is C21H25N5O. The van der Waals surface area contributed by atoms with Gasteiger partial charge in [0.05, 0.1) is 23.7 Å². The Morgan fingerprint density at radius 1 is 1.15 bits per heavy atom. The molecule has 0 spiro atoms. The number of benzene rings is 2. The van der Waals surface area contributed by atoms with E-state index in [0.29, 0.717) is 5.82 Å². The molecular weight excluding hydrogens is 338 g/mol. The van der Waals surface area contributed by atoms with E-state index in [9.17, 15) is 4.79 Å². The van der Waals surface area contributed by atoms with Gasteiger partial charge in [0.1, 0.15) is 5.82 Å². The van der Waals surface area contributed by atoms with Gasteiger partial charge in [-0.3, -0.25) is 4.79 Å². The summed E-state index contributed by atoms with van der Waals surface area (Å²) in [6.07, 6.45) is 1.84. The predicted octanol–water partition coefficient (Wildman–Crippen LogP) is 3.11. The fourth-order valence-electron chi connectivity index (χ4n) is 3.08. The molecule has 6 heteroatoms. The fraction of sp³-hybridized carbons (Fsp3) is 0.286. The number of carbonyl (C=O) groups excluding carboxylic acids is 1. The van der Waals surface area contributed by atoms with Gasteiger partial charge in [0.15, 0.2) is 0 Å². The number of hydrogen-bond donors (Lipinski definition) is 1. The van der Waals surface area contributed by atoms with E-state index in [1.807, 2.05) is 48.0 Å². The molecule has 1 amide bonds. The van der Waals surface area contributed by atoms with E-state index in [2.05, 4.69) is 46.4 Å². The topological polar surface area (TPSA) is 62.5 Å². The minimum absolute atomic E-state index is 0.184. The van der Waals surface area contributed by atoms with Gasteiger partial charge in [-0.25, -0.2) is 10.4 Å². The number of nitrogens with one attached hydrogen (secondary N) is 1. The summed E-state index contributed by atoms with van der Waals surface area (Å²) in [5.41, 5.74) is 6.60. The lowest BCUT2D eigenvalue weighted by atomic mass is 10.2. The largest absolute Gasteiger partial charge is 0.372 e. The Bertz CT molecular complexity index is 939. The number of nitrogens with zero attached hydrogens (tertiary/aromatic N) is 4. The lowest BCUT2D eigenvalue weighted by Gasteiger charge is -2.20. The lowest BCUT2D eigenvalue weighted by Crippen LogP contribution is -2.22. The quantitative estimate of drug-likeness (QED) is 0.518. The van der Waals surface area contributed by atoms with Crippen LogP contribution in [0.15, 0.2) is 53.6 Å². The number of fused-ring (bicyclic) bond motifs is 1. The van der Waals surface area contributed by atoms with Gasteiger partial charge >= 0.3 is 0 Å². The molecule has 27 heavy (non-hydrogen) atoms. The number of anilines is 1. The van der Waals surface area contributed by atoms with Crippen LogP contribution in [-0.2, 0) is 18.3 Å². The van der Waals surface area contributed by atoms with Crippen molar-refractivity contribution in [2.45, 2.75) is 20.3 Å². The molecule has 0 fully saturated rings. The Hall–Kier alpha value is -3.15. The second-order valence-electron chi connectivity index (χ2n) is 6.31. The molecule has 0 saturated carbocycles. The highest BCUT2D eigenvalue weighted by Gasteiger charge is 2.11. The van der Waals surface area contributed by atoms with Gasteiger partial charge in [-0.15, -0.1) is 0 Å². The third-order valence-electron chi connectivity index (χ3n) is 4.62. The van der Waals surface area contributed by atoms with Gasteiger partial charge in [-0.2, -0.15) is 5.10 Å². The first-order valence-electron chi connectivity index (χ1n) is 9.19. The van der Waals surface area contributed by atoms with Crippen LogP contribution in [0.25, 0.3) is 11.0 Å². The zero-order chi connectivity index (χ0) is 19.2. The van der Waals surface area contributed by atoms with Crippen LogP contribution >= 0.6 is 0 Å². The van der Waals surface area contributed by atoms with Crippen molar-refractivity contribution in [2.24, 2.45) is 12.1 Å². The van der Waals surface area contributed by atoms with Crippen LogP contribution in [0.5, 0.6) is 0 Å². The van der Waals surface area contributed by atoms with Gasteiger partial charge < -0.3 is 9.47 Å². The third kappa shape index (κ3) is 4.34. The molecule has 0 saturated heterocycles. The summed E-state index contributed by atoms with van der Waals surface area (Å²) in [4.78, 5) is 19.0. The number of hydrazone groups is 1. The second kappa shape index (κ2) is 8.49. The van der Waals surface area contributed by atoms with E-state index < -0.39 is 0 Å². The number of imidazole rings is 1. The Balaban J connectivity index is 1.59. The first-order chi connectivity index (χ1) is 13.1. The van der Waals surface area contributed by atoms with Crippen molar-refractivity contribution in [3.63, 3.8) is 0 Å². The highest BCUT2D eigenvalue weighted by Crippen LogP contribution is 2.15. The van der Waals surface area contributed by atoms with Gasteiger partial charge in [0.2, 0.25) is 5.91 Å². The summed E-state index contributed by atoms with van der Waals surface area (Å²) in [7, 11) is 1.92. The summed E-state index contributed by atoms with van der Waals surface area (Å²) in [5.74, 6) is 0.525. The van der Waals surface area contributed by atoms with Crippen LogP contribution in [0.1, 0.15) is 25.2 Å². The van der Waals surface area contributed by atoms with Crippen molar-refractivity contribution in [1.29, 1.82) is 0 Å². The minimum Gasteiger partial charge on any atom is -0.372 e. The Labute approximate surface area is 159 Å². The van der Waals surface area contributed by atoms with Gasteiger partial charge in [-0.05, 0) is 43.7 Å². The average Bonchev–Trinajstić information content (AvgIpc) is 3.00. The molecule has 2 aromatic carbocycles. The molecule has 1 aromatic heterocycles. The average molecular weight is 363 g/mol. The van der Waals surface area contributed by atoms with Crippen LogP contribution in [0, 0.1) is 0 Å². The molecule has 1 N–H and O–H groups in total. The summed E-state index contributed by atoms with van der Waals surface area (Å²) in [5, 5.41) is 4.06. The zero-order valence-electron chi connectivity index (χ0n) is 16.0. The van der Waals surface area contributed by atoms with Gasteiger partial charge in [0, 0.05) is 25.8 Å². The standard InChI is InChI=1S/C21H25N5O/c1-4-26(5-2)17-12-10-16(11-13-17)15-22-24-21(27)14-20-23-18-8-6-7-9-19(18)25(20)3/h6-13,15H,4-5,14H2,1-3H3,(H,24,27)/b22-15+. The SMILES string of the molecule is CCN(CC)c1ccc(/C=N/NC(=O)Cc2nc3ccccc3n2C)cc1. The Morgan fingerprint density at radius 3 is 2.52 bits per heavy atom. The normalized spacial score (nSPS) is 11.2. The van der Waals surface area contributed by atoms with E-state index in [-0.39, 0.29) is 12.3 Å². The van der Waals surface area contributed by atoms with E-state index in [1.165, 1.54) is 5.69 Å². The molecule has 3 rings (SSSR count). The van der Waals surface area contributed by atoms with Crippen molar-refractivity contribution in [3.8, 4) is 0 Å². The van der Waals surface area contributed by atoms with Crippen LogP contribution in [0.4, 0.5) is 5.69 Å². The smallest absolute Gasteiger partial charge is 0.247 e. The van der Waals surface area contributed by atoms with Crippen molar-refractivity contribution in [3.05, 3.63) is 59.9 Å². The predicted molar refractivity (Wildman–Crippen MR) is 110 cm³/mol. The number of rotatable bonds is 7. The van der Waals surface area contributed by atoms with Crippen molar-refractivity contribution in [2.75, 3.05) is 18.0 Å². The molecule has 140 valence electrons. The molecule has 1 heterocycles. The first kappa shape index (κ1) is 18.6. The fourth-order valence-corrected chi connectivity index (χ4v) is 3.08. The molecule has 0 aliphatic heterocycles. The highest BCUT2D eigenvalue weighted by molar-refractivity contribution is 5.84. The minimum atomic E-state index is -0.190. The third-order valence-corrected chi connectivity index (χ3v) is 4.62. The molecule has 0 bridgehead atoms. The van der Waals surface area contributed by atoms with E-state index in [1.54, 1.807) is 6.21 Å². The first-order valence-corrected chi connectivity index (χ1v) is 9.19. The molecule has 0 radical (unpaired) electrons. The molecule has 0 atom stereocenters. The number of aromatic nitrogens is 2. The number of aryl methyl sites for hydroxylation is 1. The number of amides is 1. The monoisotopic (exact) mass is 363 g/mol. The molecule has 0 aliphatic carbocycles. The number of carbonyl (C=O) groups is 1. The maximum Gasteiger partial charge on any atom is 0.247 e. The van der Waals surface area contributed by atoms with Crippen molar-refractivity contribution >= 4 is 28.8 Å². The van der Waals surface area contributed by atoms with Crippen molar-refractivity contribution < 1.29 is 4.79 Å². The summed E-state index contributed by atoms with van der Waals surface area (Å²) in [6.45, 7) is 6.22. The molecule has 3 aromatic rings. The molecule has 0 unspecified atom stereocenters. The van der Waals surface area contributed by atoms with E-state index >= 15 is 0 Å². The van der Waals surface area contributed by atoms with Gasteiger partial charge in [-0.1, -0.05) is 24.3 Å². The van der Waals surface area contributed by atoms with E-state index in [0.717, 1.165) is 29.7 Å². The van der Waals surface area contributed by atoms with Crippen LogP contribution in [0.3, 0.4) is 0 Å². The summed E-state index contributed by atoms with van der Waals surface area (Å²) < 4.78 is 1.94. The Kier molecular flexibility index (Phi) is 5.86. The lowest BCUT2D eigenvalue weighted by molar-refractivity contribution is -0.120. The molecule has 0 aliphatic rings. The van der Waals surface area contributed by atoms with Crippen LogP contribution in [0.2, 0.25) is 0 Å². The zero-order valence-corrected chi connectivity index (χ0v) is 16.0.